The summed E-state index contributed by atoms with van der Waals surface area (Å²) in [5, 5.41) is 0. The van der Waals surface area contributed by atoms with Crippen LogP contribution in [0.5, 0.6) is 0 Å². The zero-order valence-electron chi connectivity index (χ0n) is 4.48. The van der Waals surface area contributed by atoms with Gasteiger partial charge in [0.05, 0.1) is 6.33 Å². The number of allylic oxidation sites excluding steroid dienone is 2. The van der Waals surface area contributed by atoms with Gasteiger partial charge < -0.3 is 0 Å². The van der Waals surface area contributed by atoms with Crippen molar-refractivity contribution in [2.45, 2.75) is 12.8 Å². The quantitative estimate of drug-likeness (QED) is 0.521. The van der Waals surface area contributed by atoms with E-state index in [1.54, 1.807) is 6.08 Å². The molecule has 0 fully saturated rings. The predicted octanol–water partition coefficient (Wildman–Crippen LogP) is 3.00. The zero-order chi connectivity index (χ0) is 6.24. The van der Waals surface area contributed by atoms with Crippen molar-refractivity contribution in [3.05, 3.63) is 24.0 Å². The molecule has 2 heteroatoms. The van der Waals surface area contributed by atoms with Crippen LogP contribution in [0.2, 0.25) is 0 Å². The van der Waals surface area contributed by atoms with Crippen LogP contribution in [-0.4, -0.2) is 0 Å². The lowest BCUT2D eigenvalue weighted by Crippen LogP contribution is -1.59. The highest BCUT2D eigenvalue weighted by Crippen LogP contribution is 1.93. The molecule has 0 aliphatic rings. The van der Waals surface area contributed by atoms with Crippen molar-refractivity contribution in [3.8, 4) is 0 Å². The topological polar surface area (TPSA) is 0 Å². The van der Waals surface area contributed by atoms with E-state index in [0.717, 1.165) is 12.8 Å². The summed E-state index contributed by atoms with van der Waals surface area (Å²) in [6.45, 7) is 0. The van der Waals surface area contributed by atoms with Crippen molar-refractivity contribution in [3.63, 3.8) is 0 Å². The third-order valence-corrected chi connectivity index (χ3v) is 0.856. The van der Waals surface area contributed by atoms with Crippen molar-refractivity contribution >= 4 is 11.6 Å². The molecule has 0 nitrogen and oxygen atoms in total. The maximum absolute atomic E-state index is 11.2. The van der Waals surface area contributed by atoms with E-state index in [4.69, 9.17) is 11.6 Å². The molecule has 0 heterocycles. The first-order valence-electron chi connectivity index (χ1n) is 2.42. The average Bonchev–Trinajstić information content (AvgIpc) is 1.81. The molecule has 0 aromatic heterocycles. The van der Waals surface area contributed by atoms with Crippen LogP contribution >= 0.6 is 11.6 Å². The Kier molecular flexibility index (Phi) is 6.45. The molecule has 0 atom stereocenters. The SMILES string of the molecule is F/C=C/CC/C=C/Cl. The minimum Gasteiger partial charge on any atom is -0.216 e. The summed E-state index contributed by atoms with van der Waals surface area (Å²) < 4.78 is 11.2. The van der Waals surface area contributed by atoms with Crippen LogP contribution < -0.4 is 0 Å². The first-order chi connectivity index (χ1) is 3.91. The molecule has 0 amide bonds. The van der Waals surface area contributed by atoms with Gasteiger partial charge >= 0.3 is 0 Å². The van der Waals surface area contributed by atoms with Crippen LogP contribution in [0.1, 0.15) is 12.8 Å². The van der Waals surface area contributed by atoms with E-state index in [1.165, 1.54) is 11.6 Å². The van der Waals surface area contributed by atoms with Gasteiger partial charge in [0.2, 0.25) is 0 Å². The Morgan fingerprint density at radius 2 is 1.88 bits per heavy atom. The van der Waals surface area contributed by atoms with E-state index < -0.39 is 0 Å². The standard InChI is InChI=1S/C6H8ClF/c7-5-3-1-2-4-6-8/h3-6H,1-2H2/b5-3+,6-4+. The number of hydrogen-bond donors (Lipinski definition) is 0. The Balaban J connectivity index is 2.93. The molecular weight excluding hydrogens is 127 g/mol. The predicted molar refractivity (Wildman–Crippen MR) is 34.5 cm³/mol. The summed E-state index contributed by atoms with van der Waals surface area (Å²) in [4.78, 5) is 0. The summed E-state index contributed by atoms with van der Waals surface area (Å²) in [5.74, 6) is 0. The number of hydrogen-bond acceptors (Lipinski definition) is 0. The van der Waals surface area contributed by atoms with Crippen LogP contribution in [0, 0.1) is 0 Å². The van der Waals surface area contributed by atoms with E-state index in [1.807, 2.05) is 0 Å². The highest BCUT2D eigenvalue weighted by atomic mass is 35.5. The number of unbranched alkanes of at least 4 members (excludes halogenated alkanes) is 1. The average molecular weight is 135 g/mol. The molecular formula is C6H8ClF. The van der Waals surface area contributed by atoms with Gasteiger partial charge in [0, 0.05) is 5.54 Å². The van der Waals surface area contributed by atoms with Gasteiger partial charge in [-0.3, -0.25) is 0 Å². The van der Waals surface area contributed by atoms with Crippen molar-refractivity contribution < 1.29 is 4.39 Å². The molecule has 0 aliphatic heterocycles. The molecule has 0 bridgehead atoms. The summed E-state index contributed by atoms with van der Waals surface area (Å²) in [5.41, 5.74) is 1.44. The van der Waals surface area contributed by atoms with Crippen LogP contribution in [0.3, 0.4) is 0 Å². The number of rotatable bonds is 3. The molecule has 0 saturated carbocycles. The lowest BCUT2D eigenvalue weighted by Gasteiger charge is -1.79. The molecule has 0 spiro atoms. The third kappa shape index (κ3) is 5.70. The van der Waals surface area contributed by atoms with Gasteiger partial charge in [-0.05, 0) is 12.8 Å². The van der Waals surface area contributed by atoms with Gasteiger partial charge in [0.15, 0.2) is 0 Å². The monoisotopic (exact) mass is 134 g/mol. The molecule has 0 aliphatic carbocycles. The van der Waals surface area contributed by atoms with Crippen molar-refractivity contribution in [1.29, 1.82) is 0 Å². The van der Waals surface area contributed by atoms with Crippen molar-refractivity contribution in [2.75, 3.05) is 0 Å². The second-order valence-electron chi connectivity index (χ2n) is 1.30. The van der Waals surface area contributed by atoms with Gasteiger partial charge in [0.1, 0.15) is 0 Å². The Morgan fingerprint density at radius 3 is 2.38 bits per heavy atom. The Hall–Kier alpha value is -0.300. The maximum atomic E-state index is 11.2. The maximum Gasteiger partial charge on any atom is 0.0827 e. The fourth-order valence-corrected chi connectivity index (χ4v) is 0.444. The fraction of sp³-hybridized carbons (Fsp3) is 0.333. The minimum absolute atomic E-state index is 0.544. The van der Waals surface area contributed by atoms with Gasteiger partial charge in [-0.25, -0.2) is 4.39 Å². The van der Waals surface area contributed by atoms with E-state index >= 15 is 0 Å². The Morgan fingerprint density at radius 1 is 1.25 bits per heavy atom. The molecule has 0 rings (SSSR count). The molecule has 46 valence electrons. The summed E-state index contributed by atoms with van der Waals surface area (Å²) in [6, 6.07) is 0. The van der Waals surface area contributed by atoms with Crippen LogP contribution in [0.25, 0.3) is 0 Å². The molecule has 0 saturated heterocycles. The normalized spacial score (nSPS) is 11.8. The fourth-order valence-electron chi connectivity index (χ4n) is 0.318. The minimum atomic E-state index is 0.544. The largest absolute Gasteiger partial charge is 0.216 e. The van der Waals surface area contributed by atoms with E-state index in [9.17, 15) is 4.39 Å². The molecule has 8 heavy (non-hydrogen) atoms. The Bertz CT molecular complexity index is 74.5. The summed E-state index contributed by atoms with van der Waals surface area (Å²) >= 11 is 5.18. The van der Waals surface area contributed by atoms with Crippen LogP contribution in [-0.2, 0) is 0 Å². The highest BCUT2D eigenvalue weighted by molar-refractivity contribution is 6.25. The molecule has 0 aromatic rings. The highest BCUT2D eigenvalue weighted by Gasteiger charge is 1.72. The van der Waals surface area contributed by atoms with Crippen molar-refractivity contribution in [1.82, 2.24) is 0 Å². The molecule has 0 aromatic carbocycles. The van der Waals surface area contributed by atoms with E-state index in [2.05, 4.69) is 0 Å². The molecule has 0 unspecified atom stereocenters. The van der Waals surface area contributed by atoms with Gasteiger partial charge in [-0.2, -0.15) is 0 Å². The van der Waals surface area contributed by atoms with Crippen LogP contribution in [0.15, 0.2) is 24.0 Å². The van der Waals surface area contributed by atoms with Gasteiger partial charge in [-0.15, -0.1) is 0 Å². The Labute approximate surface area is 53.7 Å². The van der Waals surface area contributed by atoms with Crippen molar-refractivity contribution in [2.24, 2.45) is 0 Å². The second kappa shape index (κ2) is 6.70. The number of halogens is 2. The van der Waals surface area contributed by atoms with Crippen LogP contribution in [0.4, 0.5) is 4.39 Å². The summed E-state index contributed by atoms with van der Waals surface area (Å²) in [7, 11) is 0. The van der Waals surface area contributed by atoms with Gasteiger partial charge in [-0.1, -0.05) is 23.8 Å². The first-order valence-corrected chi connectivity index (χ1v) is 2.86. The van der Waals surface area contributed by atoms with E-state index in [-0.39, 0.29) is 0 Å². The first kappa shape index (κ1) is 7.70. The smallest absolute Gasteiger partial charge is 0.0827 e. The summed E-state index contributed by atoms with van der Waals surface area (Å²) in [6.07, 6.45) is 5.31. The van der Waals surface area contributed by atoms with Gasteiger partial charge in [0.25, 0.3) is 0 Å². The second-order valence-corrected chi connectivity index (χ2v) is 1.55. The lowest BCUT2D eigenvalue weighted by atomic mass is 10.3. The van der Waals surface area contributed by atoms with E-state index in [0.29, 0.717) is 6.33 Å². The zero-order valence-corrected chi connectivity index (χ0v) is 5.24. The molecule has 0 N–H and O–H groups in total. The molecule has 0 radical (unpaired) electrons. The lowest BCUT2D eigenvalue weighted by molar-refractivity contribution is 0.713. The third-order valence-electron chi connectivity index (χ3n) is 0.678.